The first-order valence-electron chi connectivity index (χ1n) is 5.27. The maximum Gasteiger partial charge on any atom is 0.329 e. The Morgan fingerprint density at radius 1 is 1.41 bits per heavy atom. The van der Waals surface area contributed by atoms with Gasteiger partial charge < -0.3 is 10.4 Å². The summed E-state index contributed by atoms with van der Waals surface area (Å²) in [6, 6.07) is 5.40. The smallest absolute Gasteiger partial charge is 0.329 e. The van der Waals surface area contributed by atoms with E-state index < -0.39 is 11.5 Å². The van der Waals surface area contributed by atoms with Crippen LogP contribution >= 0.6 is 15.9 Å². The van der Waals surface area contributed by atoms with Crippen molar-refractivity contribution in [3.05, 3.63) is 33.8 Å². The number of carbonyl (C=O) groups excluding carboxylic acids is 1. The number of aliphatic carboxylic acids is 1. The van der Waals surface area contributed by atoms with Crippen LogP contribution in [0.1, 0.15) is 28.8 Å². The summed E-state index contributed by atoms with van der Waals surface area (Å²) in [5, 5.41) is 11.6. The second-order valence-corrected chi connectivity index (χ2v) is 5.18. The summed E-state index contributed by atoms with van der Waals surface area (Å²) in [4.78, 5) is 22.9. The van der Waals surface area contributed by atoms with Gasteiger partial charge in [-0.25, -0.2) is 4.79 Å². The Morgan fingerprint density at radius 3 is 2.59 bits per heavy atom. The number of carboxylic acid groups (broad SMARTS) is 1. The Morgan fingerprint density at radius 2 is 2.06 bits per heavy atom. The molecule has 0 bridgehead atoms. The molecule has 1 aliphatic rings. The first kappa shape index (κ1) is 12.1. The highest BCUT2D eigenvalue weighted by atomic mass is 79.9. The molecule has 0 saturated heterocycles. The van der Waals surface area contributed by atoms with E-state index in [1.807, 2.05) is 13.0 Å². The molecule has 1 amide bonds. The van der Waals surface area contributed by atoms with E-state index in [-0.39, 0.29) is 5.91 Å². The Kier molecular flexibility index (Phi) is 2.95. The average Bonchev–Trinajstić information content (AvgIpc) is 3.02. The number of rotatable bonds is 3. The first-order valence-corrected chi connectivity index (χ1v) is 6.06. The number of nitrogens with one attached hydrogen (secondary N) is 1. The zero-order valence-electron chi connectivity index (χ0n) is 9.29. The van der Waals surface area contributed by atoms with E-state index in [2.05, 4.69) is 21.2 Å². The topological polar surface area (TPSA) is 66.4 Å². The molecule has 0 unspecified atom stereocenters. The number of halogens is 1. The van der Waals surface area contributed by atoms with Crippen LogP contribution in [-0.4, -0.2) is 22.5 Å². The van der Waals surface area contributed by atoms with Crippen molar-refractivity contribution < 1.29 is 14.7 Å². The second-order valence-electron chi connectivity index (χ2n) is 4.32. The molecule has 0 aromatic heterocycles. The van der Waals surface area contributed by atoms with Crippen molar-refractivity contribution in [2.24, 2.45) is 0 Å². The normalized spacial score (nSPS) is 16.4. The zero-order valence-corrected chi connectivity index (χ0v) is 10.9. The van der Waals surface area contributed by atoms with Crippen molar-refractivity contribution in [2.45, 2.75) is 25.3 Å². The van der Waals surface area contributed by atoms with Gasteiger partial charge in [0.2, 0.25) is 0 Å². The van der Waals surface area contributed by atoms with E-state index in [0.29, 0.717) is 22.9 Å². The van der Waals surface area contributed by atoms with Crippen LogP contribution in [-0.2, 0) is 4.79 Å². The summed E-state index contributed by atoms with van der Waals surface area (Å²) in [6.07, 6.45) is 0.995. The number of carbonyl (C=O) groups is 2. The van der Waals surface area contributed by atoms with Gasteiger partial charge in [-0.3, -0.25) is 4.79 Å². The van der Waals surface area contributed by atoms with E-state index >= 15 is 0 Å². The standard InChI is InChI=1S/C12H12BrNO3/c1-7-2-3-9(13)8(6-7)10(15)14-12(4-5-12)11(16)17/h2-3,6H,4-5H2,1H3,(H,14,15)(H,16,17). The third-order valence-electron chi connectivity index (χ3n) is 2.88. The molecule has 0 spiro atoms. The molecule has 0 aliphatic heterocycles. The van der Waals surface area contributed by atoms with Gasteiger partial charge in [-0.2, -0.15) is 0 Å². The maximum absolute atomic E-state index is 12.0. The molecule has 1 aromatic carbocycles. The molecule has 1 saturated carbocycles. The van der Waals surface area contributed by atoms with Gasteiger partial charge in [-0.05, 0) is 47.8 Å². The summed E-state index contributed by atoms with van der Waals surface area (Å²) < 4.78 is 0.668. The van der Waals surface area contributed by atoms with Gasteiger partial charge in [-0.15, -0.1) is 0 Å². The van der Waals surface area contributed by atoms with Crippen molar-refractivity contribution in [3.63, 3.8) is 0 Å². The van der Waals surface area contributed by atoms with E-state index in [1.54, 1.807) is 12.1 Å². The Bertz CT molecular complexity index is 495. The monoisotopic (exact) mass is 297 g/mol. The zero-order chi connectivity index (χ0) is 12.6. The SMILES string of the molecule is Cc1ccc(Br)c(C(=O)NC2(C(=O)O)CC2)c1. The largest absolute Gasteiger partial charge is 0.480 e. The fourth-order valence-electron chi connectivity index (χ4n) is 1.62. The van der Waals surface area contributed by atoms with Crippen LogP contribution in [0.15, 0.2) is 22.7 Å². The maximum atomic E-state index is 12.0. The molecule has 5 heteroatoms. The predicted molar refractivity (Wildman–Crippen MR) is 65.9 cm³/mol. The highest BCUT2D eigenvalue weighted by molar-refractivity contribution is 9.10. The Balaban J connectivity index is 2.21. The van der Waals surface area contributed by atoms with Gasteiger partial charge in [0.05, 0.1) is 5.56 Å². The summed E-state index contributed by atoms with van der Waals surface area (Å²) in [7, 11) is 0. The highest BCUT2D eigenvalue weighted by Crippen LogP contribution is 2.36. The average molecular weight is 298 g/mol. The number of amides is 1. The number of hydrogen-bond donors (Lipinski definition) is 2. The molecule has 2 N–H and O–H groups in total. The van der Waals surface area contributed by atoms with Gasteiger partial charge in [0.15, 0.2) is 0 Å². The van der Waals surface area contributed by atoms with Crippen LogP contribution in [0.4, 0.5) is 0 Å². The van der Waals surface area contributed by atoms with Gasteiger partial charge in [-0.1, -0.05) is 11.6 Å². The van der Waals surface area contributed by atoms with Crippen LogP contribution in [0.25, 0.3) is 0 Å². The molecule has 0 heterocycles. The lowest BCUT2D eigenvalue weighted by Gasteiger charge is -2.13. The van der Waals surface area contributed by atoms with Gasteiger partial charge in [0, 0.05) is 4.47 Å². The lowest BCUT2D eigenvalue weighted by Crippen LogP contribution is -2.43. The summed E-state index contributed by atoms with van der Waals surface area (Å²) in [5.41, 5.74) is 0.385. The molecule has 1 fully saturated rings. The lowest BCUT2D eigenvalue weighted by atomic mass is 10.1. The van der Waals surface area contributed by atoms with E-state index in [0.717, 1.165) is 5.56 Å². The third kappa shape index (κ3) is 2.34. The number of benzene rings is 1. The second kappa shape index (κ2) is 4.14. The van der Waals surface area contributed by atoms with Crippen molar-refractivity contribution in [3.8, 4) is 0 Å². The van der Waals surface area contributed by atoms with E-state index in [4.69, 9.17) is 5.11 Å². The number of hydrogen-bond acceptors (Lipinski definition) is 2. The molecule has 1 aliphatic carbocycles. The molecule has 4 nitrogen and oxygen atoms in total. The fourth-order valence-corrected chi connectivity index (χ4v) is 2.04. The van der Waals surface area contributed by atoms with Crippen LogP contribution in [0.5, 0.6) is 0 Å². The van der Waals surface area contributed by atoms with E-state index in [9.17, 15) is 9.59 Å². The molecule has 2 rings (SSSR count). The van der Waals surface area contributed by atoms with E-state index in [1.165, 1.54) is 0 Å². The number of carboxylic acids is 1. The molecule has 90 valence electrons. The number of aryl methyl sites for hydroxylation is 1. The molecular weight excluding hydrogens is 286 g/mol. The molecule has 17 heavy (non-hydrogen) atoms. The van der Waals surface area contributed by atoms with Gasteiger partial charge in [0.25, 0.3) is 5.91 Å². The highest BCUT2D eigenvalue weighted by Gasteiger charge is 2.51. The van der Waals surface area contributed by atoms with Crippen LogP contribution in [0.2, 0.25) is 0 Å². The van der Waals surface area contributed by atoms with Crippen molar-refractivity contribution in [1.82, 2.24) is 5.32 Å². The van der Waals surface area contributed by atoms with Gasteiger partial charge in [0.1, 0.15) is 5.54 Å². The third-order valence-corrected chi connectivity index (χ3v) is 3.57. The predicted octanol–water partition coefficient (Wildman–Crippen LogP) is 2.10. The van der Waals surface area contributed by atoms with Crippen LogP contribution < -0.4 is 5.32 Å². The minimum atomic E-state index is -1.04. The molecule has 0 radical (unpaired) electrons. The van der Waals surface area contributed by atoms with Crippen molar-refractivity contribution >= 4 is 27.8 Å². The molecular formula is C12H12BrNO3. The summed E-state index contributed by atoms with van der Waals surface area (Å²) in [5.74, 6) is -1.31. The summed E-state index contributed by atoms with van der Waals surface area (Å²) >= 11 is 3.29. The van der Waals surface area contributed by atoms with Crippen LogP contribution in [0, 0.1) is 6.92 Å². The lowest BCUT2D eigenvalue weighted by molar-refractivity contribution is -0.140. The Hall–Kier alpha value is -1.36. The minimum Gasteiger partial charge on any atom is -0.480 e. The molecule has 0 atom stereocenters. The minimum absolute atomic E-state index is 0.347. The fraction of sp³-hybridized carbons (Fsp3) is 0.333. The van der Waals surface area contributed by atoms with Crippen molar-refractivity contribution in [2.75, 3.05) is 0 Å². The Labute approximate surface area is 107 Å². The van der Waals surface area contributed by atoms with Gasteiger partial charge >= 0.3 is 5.97 Å². The first-order chi connectivity index (χ1) is 7.94. The van der Waals surface area contributed by atoms with Crippen LogP contribution in [0.3, 0.4) is 0 Å². The van der Waals surface area contributed by atoms with Crippen molar-refractivity contribution in [1.29, 1.82) is 0 Å². The summed E-state index contributed by atoms with van der Waals surface area (Å²) in [6.45, 7) is 1.88. The molecule has 1 aromatic rings. The quantitative estimate of drug-likeness (QED) is 0.898.